The number of ether oxygens (including phenoxy) is 1. The SMILES string of the molecule is Cc1ccc(NC(=O)COc2cc(Cl)cc(Cl)c2)c(Cl)c1. The Bertz CT molecular complexity index is 654. The average Bonchev–Trinajstić information content (AvgIpc) is 2.39. The molecule has 0 bridgehead atoms. The van der Waals surface area contributed by atoms with Gasteiger partial charge in [-0.05, 0) is 42.8 Å². The lowest BCUT2D eigenvalue weighted by Gasteiger charge is -2.09. The summed E-state index contributed by atoms with van der Waals surface area (Å²) < 4.78 is 5.34. The van der Waals surface area contributed by atoms with Crippen LogP contribution in [-0.2, 0) is 4.79 Å². The summed E-state index contributed by atoms with van der Waals surface area (Å²) in [4.78, 5) is 11.8. The molecule has 0 atom stereocenters. The molecular weight excluding hydrogens is 333 g/mol. The molecule has 0 aliphatic heterocycles. The molecule has 21 heavy (non-hydrogen) atoms. The Balaban J connectivity index is 1.95. The van der Waals surface area contributed by atoms with Gasteiger partial charge in [0.25, 0.3) is 5.91 Å². The van der Waals surface area contributed by atoms with Crippen LogP contribution in [0.5, 0.6) is 5.75 Å². The van der Waals surface area contributed by atoms with Crippen LogP contribution in [0.25, 0.3) is 0 Å². The number of carbonyl (C=O) groups is 1. The predicted molar refractivity (Wildman–Crippen MR) is 86.8 cm³/mol. The first-order valence-electron chi connectivity index (χ1n) is 6.09. The molecule has 2 aromatic rings. The fourth-order valence-corrected chi connectivity index (χ4v) is 2.46. The zero-order valence-electron chi connectivity index (χ0n) is 11.1. The van der Waals surface area contributed by atoms with Crippen LogP contribution in [0.1, 0.15) is 5.56 Å². The standard InChI is InChI=1S/C15H12Cl3NO2/c1-9-2-3-14(13(18)4-9)19-15(20)8-21-12-6-10(16)5-11(17)7-12/h2-7H,8H2,1H3,(H,19,20). The quantitative estimate of drug-likeness (QED) is 0.850. The number of benzene rings is 2. The van der Waals surface area contributed by atoms with Crippen LogP contribution in [0.2, 0.25) is 15.1 Å². The maximum Gasteiger partial charge on any atom is 0.262 e. The Morgan fingerprint density at radius 2 is 1.76 bits per heavy atom. The number of amides is 1. The van der Waals surface area contributed by atoms with Crippen molar-refractivity contribution in [3.8, 4) is 5.75 Å². The zero-order valence-corrected chi connectivity index (χ0v) is 13.4. The van der Waals surface area contributed by atoms with Crippen LogP contribution < -0.4 is 10.1 Å². The van der Waals surface area contributed by atoms with Crippen molar-refractivity contribution in [1.82, 2.24) is 0 Å². The highest BCUT2D eigenvalue weighted by Crippen LogP contribution is 2.25. The third-order valence-corrected chi connectivity index (χ3v) is 3.35. The zero-order chi connectivity index (χ0) is 15.4. The monoisotopic (exact) mass is 343 g/mol. The van der Waals surface area contributed by atoms with E-state index in [9.17, 15) is 4.79 Å². The second-order valence-electron chi connectivity index (χ2n) is 4.43. The molecule has 2 aromatic carbocycles. The maximum atomic E-state index is 11.8. The highest BCUT2D eigenvalue weighted by molar-refractivity contribution is 6.35. The lowest BCUT2D eigenvalue weighted by molar-refractivity contribution is -0.118. The molecule has 0 aromatic heterocycles. The van der Waals surface area contributed by atoms with Gasteiger partial charge in [-0.2, -0.15) is 0 Å². The molecule has 0 spiro atoms. The van der Waals surface area contributed by atoms with E-state index in [-0.39, 0.29) is 12.5 Å². The third-order valence-electron chi connectivity index (χ3n) is 2.60. The fourth-order valence-electron chi connectivity index (χ4n) is 1.67. The van der Waals surface area contributed by atoms with E-state index in [1.165, 1.54) is 0 Å². The summed E-state index contributed by atoms with van der Waals surface area (Å²) >= 11 is 17.7. The van der Waals surface area contributed by atoms with Crippen molar-refractivity contribution in [2.45, 2.75) is 6.92 Å². The molecule has 0 saturated carbocycles. The van der Waals surface area contributed by atoms with E-state index in [0.29, 0.717) is 26.5 Å². The topological polar surface area (TPSA) is 38.3 Å². The summed E-state index contributed by atoms with van der Waals surface area (Å²) in [6, 6.07) is 10.1. The number of rotatable bonds is 4. The first kappa shape index (κ1) is 16.0. The Morgan fingerprint density at radius 1 is 1.10 bits per heavy atom. The van der Waals surface area contributed by atoms with Crippen LogP contribution in [0.4, 0.5) is 5.69 Å². The molecule has 2 rings (SSSR count). The molecule has 0 radical (unpaired) electrons. The van der Waals surface area contributed by atoms with E-state index in [1.54, 1.807) is 30.3 Å². The predicted octanol–water partition coefficient (Wildman–Crippen LogP) is 4.97. The van der Waals surface area contributed by atoms with Crippen molar-refractivity contribution in [3.63, 3.8) is 0 Å². The van der Waals surface area contributed by atoms with E-state index in [1.807, 2.05) is 13.0 Å². The minimum Gasteiger partial charge on any atom is -0.484 e. The first-order chi connectivity index (χ1) is 9.94. The lowest BCUT2D eigenvalue weighted by atomic mass is 10.2. The van der Waals surface area contributed by atoms with Crippen LogP contribution in [0, 0.1) is 6.92 Å². The minimum atomic E-state index is -0.322. The molecule has 0 unspecified atom stereocenters. The van der Waals surface area contributed by atoms with Gasteiger partial charge in [0.05, 0.1) is 10.7 Å². The van der Waals surface area contributed by atoms with E-state index >= 15 is 0 Å². The van der Waals surface area contributed by atoms with Gasteiger partial charge in [-0.25, -0.2) is 0 Å². The highest BCUT2D eigenvalue weighted by Gasteiger charge is 2.07. The van der Waals surface area contributed by atoms with Crippen molar-refractivity contribution in [3.05, 3.63) is 57.0 Å². The van der Waals surface area contributed by atoms with Crippen molar-refractivity contribution >= 4 is 46.4 Å². The van der Waals surface area contributed by atoms with Crippen LogP contribution in [0.15, 0.2) is 36.4 Å². The Morgan fingerprint density at radius 3 is 2.38 bits per heavy atom. The molecule has 110 valence electrons. The largest absolute Gasteiger partial charge is 0.484 e. The fraction of sp³-hybridized carbons (Fsp3) is 0.133. The molecule has 1 N–H and O–H groups in total. The third kappa shape index (κ3) is 4.81. The van der Waals surface area contributed by atoms with Crippen molar-refractivity contribution < 1.29 is 9.53 Å². The molecule has 0 fully saturated rings. The first-order valence-corrected chi connectivity index (χ1v) is 7.22. The summed E-state index contributed by atoms with van der Waals surface area (Å²) in [6.45, 7) is 1.75. The maximum absolute atomic E-state index is 11.8. The lowest BCUT2D eigenvalue weighted by Crippen LogP contribution is -2.20. The number of hydrogen-bond acceptors (Lipinski definition) is 2. The number of carbonyl (C=O) groups excluding carboxylic acids is 1. The van der Waals surface area contributed by atoms with E-state index in [2.05, 4.69) is 5.32 Å². The molecule has 1 amide bonds. The molecule has 0 heterocycles. The van der Waals surface area contributed by atoms with Crippen LogP contribution in [0.3, 0.4) is 0 Å². The van der Waals surface area contributed by atoms with Gasteiger partial charge in [-0.3, -0.25) is 4.79 Å². The number of anilines is 1. The summed E-state index contributed by atoms with van der Waals surface area (Å²) in [6.07, 6.45) is 0. The van der Waals surface area contributed by atoms with Crippen molar-refractivity contribution in [2.75, 3.05) is 11.9 Å². The van der Waals surface area contributed by atoms with Gasteiger partial charge in [0.2, 0.25) is 0 Å². The summed E-state index contributed by atoms with van der Waals surface area (Å²) in [7, 11) is 0. The normalized spacial score (nSPS) is 10.3. The molecule has 0 saturated heterocycles. The van der Waals surface area contributed by atoms with E-state index in [0.717, 1.165) is 5.56 Å². The van der Waals surface area contributed by atoms with Gasteiger partial charge in [-0.1, -0.05) is 40.9 Å². The molecule has 3 nitrogen and oxygen atoms in total. The second kappa shape index (κ2) is 7.03. The number of nitrogens with one attached hydrogen (secondary N) is 1. The van der Waals surface area contributed by atoms with Gasteiger partial charge in [0.1, 0.15) is 5.75 Å². The number of halogens is 3. The van der Waals surface area contributed by atoms with Crippen molar-refractivity contribution in [1.29, 1.82) is 0 Å². The van der Waals surface area contributed by atoms with Crippen molar-refractivity contribution in [2.24, 2.45) is 0 Å². The molecule has 6 heteroatoms. The second-order valence-corrected chi connectivity index (χ2v) is 5.71. The van der Waals surface area contributed by atoms with Gasteiger partial charge in [0.15, 0.2) is 6.61 Å². The van der Waals surface area contributed by atoms with Gasteiger partial charge >= 0.3 is 0 Å². The Hall–Kier alpha value is -1.42. The van der Waals surface area contributed by atoms with Crippen LogP contribution in [-0.4, -0.2) is 12.5 Å². The molecule has 0 aliphatic carbocycles. The van der Waals surface area contributed by atoms with Gasteiger partial charge in [0, 0.05) is 10.0 Å². The summed E-state index contributed by atoms with van der Waals surface area (Å²) in [5.74, 6) is 0.106. The van der Waals surface area contributed by atoms with Crippen LogP contribution >= 0.6 is 34.8 Å². The number of hydrogen-bond donors (Lipinski definition) is 1. The Labute approximate surface area is 137 Å². The van der Waals surface area contributed by atoms with Gasteiger partial charge < -0.3 is 10.1 Å². The average molecular weight is 345 g/mol. The minimum absolute atomic E-state index is 0.166. The summed E-state index contributed by atoms with van der Waals surface area (Å²) in [5, 5.41) is 4.04. The Kier molecular flexibility index (Phi) is 5.34. The highest BCUT2D eigenvalue weighted by atomic mass is 35.5. The summed E-state index contributed by atoms with van der Waals surface area (Å²) in [5.41, 5.74) is 1.56. The van der Waals surface area contributed by atoms with E-state index < -0.39 is 0 Å². The molecule has 0 aliphatic rings. The van der Waals surface area contributed by atoms with E-state index in [4.69, 9.17) is 39.5 Å². The molecular formula is C15H12Cl3NO2. The number of aryl methyl sites for hydroxylation is 1. The van der Waals surface area contributed by atoms with Gasteiger partial charge in [-0.15, -0.1) is 0 Å². The smallest absolute Gasteiger partial charge is 0.262 e.